The van der Waals surface area contributed by atoms with Crippen LogP contribution in [0.15, 0.2) is 78.9 Å². The molecular weight excluding hydrogens is 378 g/mol. The normalized spacial score (nSPS) is 14.3. The highest BCUT2D eigenvalue weighted by atomic mass is 28.3. The van der Waals surface area contributed by atoms with Crippen LogP contribution < -0.4 is 10.4 Å². The Labute approximate surface area is 178 Å². The van der Waals surface area contributed by atoms with Crippen molar-refractivity contribution in [1.29, 1.82) is 0 Å². The number of nitrogens with zero attached hydrogens (tertiary/aromatic N) is 1. The van der Waals surface area contributed by atoms with E-state index in [1.54, 1.807) is 10.4 Å². The highest BCUT2D eigenvalue weighted by Gasteiger charge is 2.39. The van der Waals surface area contributed by atoms with E-state index < -0.39 is 8.07 Å². The van der Waals surface area contributed by atoms with Crippen molar-refractivity contribution in [2.45, 2.75) is 26.9 Å². The second-order valence-electron chi connectivity index (χ2n) is 9.24. The van der Waals surface area contributed by atoms with Crippen molar-refractivity contribution < 1.29 is 0 Å². The van der Waals surface area contributed by atoms with Crippen molar-refractivity contribution in [3.63, 3.8) is 0 Å². The van der Waals surface area contributed by atoms with Crippen LogP contribution in [0.25, 0.3) is 38.6 Å². The summed E-state index contributed by atoms with van der Waals surface area (Å²) in [7, 11) is -1.80. The average molecular weight is 404 g/mol. The second-order valence-corrected chi connectivity index (χ2v) is 13.5. The summed E-state index contributed by atoms with van der Waals surface area (Å²) in [5.74, 6) is 0. The molecule has 146 valence electrons. The number of fused-ring (bicyclic) bond motifs is 7. The molecule has 30 heavy (non-hydrogen) atoms. The zero-order valence-corrected chi connectivity index (χ0v) is 19.0. The molecule has 0 saturated carbocycles. The molecule has 0 spiro atoms. The van der Waals surface area contributed by atoms with Crippen LogP contribution >= 0.6 is 0 Å². The van der Waals surface area contributed by atoms with E-state index in [1.807, 2.05) is 0 Å². The second kappa shape index (κ2) is 5.96. The Morgan fingerprint density at radius 1 is 0.667 bits per heavy atom. The van der Waals surface area contributed by atoms with E-state index in [0.29, 0.717) is 0 Å². The quantitative estimate of drug-likeness (QED) is 0.294. The van der Waals surface area contributed by atoms with Gasteiger partial charge in [-0.05, 0) is 59.6 Å². The lowest BCUT2D eigenvalue weighted by atomic mass is 10.0. The van der Waals surface area contributed by atoms with Crippen LogP contribution in [0.5, 0.6) is 0 Å². The van der Waals surface area contributed by atoms with Crippen LogP contribution in [0.4, 0.5) is 0 Å². The van der Waals surface area contributed by atoms with Crippen molar-refractivity contribution >= 4 is 40.3 Å². The first-order valence-electron chi connectivity index (χ1n) is 10.7. The molecular formula is C28H25NSi. The smallest absolute Gasteiger partial charge is 0.114 e. The molecule has 0 unspecified atom stereocenters. The SMILES string of the molecule is Cc1ccc(-n2c3ccccc3c3c4c(ccc32)-c2ccc(C)cc2[Si]4(C)C)cc1. The summed E-state index contributed by atoms with van der Waals surface area (Å²) in [6.07, 6.45) is 0. The minimum absolute atomic E-state index is 1.23. The highest BCUT2D eigenvalue weighted by molar-refractivity contribution is 7.05. The van der Waals surface area contributed by atoms with Gasteiger partial charge in [0.05, 0.1) is 11.0 Å². The lowest BCUT2D eigenvalue weighted by Gasteiger charge is -2.20. The molecule has 1 nitrogen and oxygen atoms in total. The van der Waals surface area contributed by atoms with E-state index in [1.165, 1.54) is 49.7 Å². The van der Waals surface area contributed by atoms with Gasteiger partial charge in [0.15, 0.2) is 0 Å². The van der Waals surface area contributed by atoms with Gasteiger partial charge in [0.1, 0.15) is 8.07 Å². The maximum absolute atomic E-state index is 2.52. The predicted molar refractivity (Wildman–Crippen MR) is 132 cm³/mol. The van der Waals surface area contributed by atoms with Gasteiger partial charge in [-0.1, -0.05) is 78.8 Å². The van der Waals surface area contributed by atoms with Crippen LogP contribution in [0.3, 0.4) is 0 Å². The predicted octanol–water partition coefficient (Wildman–Crippen LogP) is 6.20. The van der Waals surface area contributed by atoms with E-state index in [9.17, 15) is 0 Å². The van der Waals surface area contributed by atoms with Gasteiger partial charge in [-0.3, -0.25) is 0 Å². The molecule has 4 aromatic carbocycles. The summed E-state index contributed by atoms with van der Waals surface area (Å²) >= 11 is 0. The molecule has 5 aromatic rings. The number of hydrogen-bond donors (Lipinski definition) is 0. The van der Waals surface area contributed by atoms with Gasteiger partial charge in [-0.25, -0.2) is 0 Å². The summed E-state index contributed by atoms with van der Waals surface area (Å²) in [6.45, 7) is 9.41. The summed E-state index contributed by atoms with van der Waals surface area (Å²) in [6, 6.07) is 29.6. The van der Waals surface area contributed by atoms with Crippen molar-refractivity contribution in [2.24, 2.45) is 0 Å². The lowest BCUT2D eigenvalue weighted by molar-refractivity contribution is 1.17. The number of aromatic nitrogens is 1. The van der Waals surface area contributed by atoms with Crippen molar-refractivity contribution in [1.82, 2.24) is 4.57 Å². The minimum atomic E-state index is -1.80. The molecule has 2 heterocycles. The van der Waals surface area contributed by atoms with Crippen LogP contribution in [0.2, 0.25) is 13.1 Å². The molecule has 0 aliphatic carbocycles. The molecule has 1 aliphatic rings. The third-order valence-corrected chi connectivity index (χ3v) is 10.4. The van der Waals surface area contributed by atoms with E-state index in [4.69, 9.17) is 0 Å². The molecule has 0 atom stereocenters. The van der Waals surface area contributed by atoms with Crippen LogP contribution in [0.1, 0.15) is 11.1 Å². The van der Waals surface area contributed by atoms with E-state index in [2.05, 4.69) is 110 Å². The summed E-state index contributed by atoms with van der Waals surface area (Å²) in [5, 5.41) is 6.00. The Bertz CT molecular complexity index is 1470. The van der Waals surface area contributed by atoms with Crippen molar-refractivity contribution in [3.05, 3.63) is 90.0 Å². The van der Waals surface area contributed by atoms with Crippen molar-refractivity contribution in [2.75, 3.05) is 0 Å². The standard InChI is InChI=1S/C28H25NSi/c1-18-9-12-20(13-10-18)29-24-8-6-5-7-23(24)27-25(29)16-15-22-21-14-11-19(2)17-26(21)30(3,4)28(22)27/h5-17H,1-4H3. The maximum Gasteiger partial charge on any atom is 0.114 e. The minimum Gasteiger partial charge on any atom is -0.309 e. The third-order valence-electron chi connectivity index (χ3n) is 6.89. The molecule has 6 rings (SSSR count). The fourth-order valence-corrected chi connectivity index (χ4v) is 8.98. The summed E-state index contributed by atoms with van der Waals surface area (Å²) in [4.78, 5) is 0. The highest BCUT2D eigenvalue weighted by Crippen LogP contribution is 2.38. The molecule has 0 N–H and O–H groups in total. The Kier molecular flexibility index (Phi) is 3.52. The van der Waals surface area contributed by atoms with Crippen molar-refractivity contribution in [3.8, 4) is 16.8 Å². The first-order valence-corrected chi connectivity index (χ1v) is 13.7. The number of benzene rings is 4. The van der Waals surface area contributed by atoms with Gasteiger partial charge < -0.3 is 4.57 Å². The van der Waals surface area contributed by atoms with Gasteiger partial charge in [-0.2, -0.15) is 0 Å². The van der Waals surface area contributed by atoms with Gasteiger partial charge in [0.2, 0.25) is 0 Å². The van der Waals surface area contributed by atoms with Gasteiger partial charge in [0, 0.05) is 16.5 Å². The molecule has 0 bridgehead atoms. The van der Waals surface area contributed by atoms with E-state index >= 15 is 0 Å². The Morgan fingerprint density at radius 3 is 2.17 bits per heavy atom. The number of hydrogen-bond acceptors (Lipinski definition) is 0. The lowest BCUT2D eigenvalue weighted by Crippen LogP contribution is -2.49. The Morgan fingerprint density at radius 2 is 1.37 bits per heavy atom. The number of rotatable bonds is 1. The first kappa shape index (κ1) is 17.7. The van der Waals surface area contributed by atoms with Gasteiger partial charge in [0.25, 0.3) is 0 Å². The molecule has 0 saturated heterocycles. The monoisotopic (exact) mass is 403 g/mol. The Hall–Kier alpha value is -3.10. The Balaban J connectivity index is 1.78. The van der Waals surface area contributed by atoms with Gasteiger partial charge >= 0.3 is 0 Å². The maximum atomic E-state index is 2.52. The van der Waals surface area contributed by atoms with Gasteiger partial charge in [-0.15, -0.1) is 0 Å². The molecule has 1 aromatic heterocycles. The van der Waals surface area contributed by atoms with Crippen LogP contribution in [-0.4, -0.2) is 12.6 Å². The van der Waals surface area contributed by atoms with Crippen LogP contribution in [-0.2, 0) is 0 Å². The summed E-state index contributed by atoms with van der Waals surface area (Å²) in [5.41, 5.74) is 9.39. The fourth-order valence-electron chi connectivity index (χ4n) is 5.45. The zero-order valence-electron chi connectivity index (χ0n) is 18.0. The van der Waals surface area contributed by atoms with E-state index in [0.717, 1.165) is 0 Å². The third kappa shape index (κ3) is 2.23. The van der Waals surface area contributed by atoms with Crippen LogP contribution in [0, 0.1) is 13.8 Å². The molecule has 0 radical (unpaired) electrons. The van der Waals surface area contributed by atoms with E-state index in [-0.39, 0.29) is 0 Å². The number of aryl methyl sites for hydroxylation is 2. The topological polar surface area (TPSA) is 4.93 Å². The molecule has 1 aliphatic heterocycles. The fraction of sp³-hybridized carbons (Fsp3) is 0.143. The number of para-hydroxylation sites is 1. The zero-order chi connectivity index (χ0) is 20.6. The average Bonchev–Trinajstić information content (AvgIpc) is 3.18. The molecule has 0 amide bonds. The largest absolute Gasteiger partial charge is 0.309 e. The molecule has 0 fully saturated rings. The molecule has 2 heteroatoms. The summed E-state index contributed by atoms with van der Waals surface area (Å²) < 4.78 is 2.45. The first-order chi connectivity index (χ1) is 14.5.